The molecule has 1 aliphatic carbocycles. The van der Waals surface area contributed by atoms with Crippen LogP contribution < -0.4 is 10.1 Å². The fourth-order valence-corrected chi connectivity index (χ4v) is 3.95. The first kappa shape index (κ1) is 16.4. The number of hydrogen-bond acceptors (Lipinski definition) is 4. The number of nitrogens with one attached hydrogen (secondary N) is 1. The molecule has 2 amide bonds. The summed E-state index contributed by atoms with van der Waals surface area (Å²) in [5.74, 6) is 2.84. The number of nitrogens with zero attached hydrogens (tertiary/aromatic N) is 2. The average molecular weight is 335 g/mol. The monoisotopic (exact) mass is 335 g/mol. The molecule has 0 radical (unpaired) electrons. The maximum atomic E-state index is 12.3. The average Bonchev–Trinajstić information content (AvgIpc) is 2.93. The van der Waals surface area contributed by atoms with Crippen LogP contribution in [0.15, 0.2) is 18.3 Å². The third kappa shape index (κ3) is 4.77. The van der Waals surface area contributed by atoms with Crippen molar-refractivity contribution in [3.8, 4) is 5.88 Å². The van der Waals surface area contributed by atoms with Crippen molar-refractivity contribution in [3.63, 3.8) is 0 Å². The lowest BCUT2D eigenvalue weighted by molar-refractivity contribution is 0.195. The molecule has 1 aromatic rings. The molecule has 3 rings (SSSR count). The number of thioether (sulfide) groups is 1. The minimum atomic E-state index is 0.0168. The molecule has 126 valence electrons. The van der Waals surface area contributed by atoms with Crippen LogP contribution in [0.2, 0.25) is 0 Å². The predicted molar refractivity (Wildman–Crippen MR) is 92.9 cm³/mol. The van der Waals surface area contributed by atoms with E-state index in [-0.39, 0.29) is 12.1 Å². The highest BCUT2D eigenvalue weighted by Crippen LogP contribution is 2.25. The van der Waals surface area contributed by atoms with Crippen molar-refractivity contribution in [3.05, 3.63) is 23.9 Å². The minimum Gasteiger partial charge on any atom is -0.474 e. The van der Waals surface area contributed by atoms with E-state index >= 15 is 0 Å². The second-order valence-electron chi connectivity index (χ2n) is 6.10. The highest BCUT2D eigenvalue weighted by molar-refractivity contribution is 7.99. The van der Waals surface area contributed by atoms with Crippen molar-refractivity contribution in [2.75, 3.05) is 24.6 Å². The highest BCUT2D eigenvalue weighted by Gasteiger charge is 2.19. The molecule has 1 aliphatic heterocycles. The molecule has 5 nitrogen and oxygen atoms in total. The van der Waals surface area contributed by atoms with Gasteiger partial charge in [-0.15, -0.1) is 0 Å². The van der Waals surface area contributed by atoms with Crippen LogP contribution >= 0.6 is 11.8 Å². The summed E-state index contributed by atoms with van der Waals surface area (Å²) >= 11 is 1.92. The molecular weight excluding hydrogens is 310 g/mol. The van der Waals surface area contributed by atoms with E-state index in [2.05, 4.69) is 10.3 Å². The van der Waals surface area contributed by atoms with Gasteiger partial charge < -0.3 is 15.0 Å². The fourth-order valence-electron chi connectivity index (χ4n) is 3.06. The van der Waals surface area contributed by atoms with Crippen LogP contribution in [0.4, 0.5) is 4.79 Å². The lowest BCUT2D eigenvalue weighted by atomic mass is 10.2. The van der Waals surface area contributed by atoms with E-state index in [1.165, 1.54) is 12.8 Å². The number of aromatic nitrogens is 1. The maximum absolute atomic E-state index is 12.3. The molecule has 2 heterocycles. The lowest BCUT2D eigenvalue weighted by Gasteiger charge is -2.21. The van der Waals surface area contributed by atoms with Gasteiger partial charge in [0, 0.05) is 37.1 Å². The van der Waals surface area contributed by atoms with E-state index in [1.807, 2.05) is 28.8 Å². The molecule has 0 aromatic carbocycles. The van der Waals surface area contributed by atoms with Crippen molar-refractivity contribution in [2.45, 2.75) is 44.8 Å². The summed E-state index contributed by atoms with van der Waals surface area (Å²) in [4.78, 5) is 18.6. The first-order chi connectivity index (χ1) is 11.3. The molecule has 6 heteroatoms. The van der Waals surface area contributed by atoms with Gasteiger partial charge in [0.15, 0.2) is 0 Å². The van der Waals surface area contributed by atoms with Gasteiger partial charge in [-0.1, -0.05) is 6.07 Å². The summed E-state index contributed by atoms with van der Waals surface area (Å²) in [6, 6.07) is 3.89. The largest absolute Gasteiger partial charge is 0.474 e. The summed E-state index contributed by atoms with van der Waals surface area (Å²) in [6.07, 6.45) is 7.78. The Hall–Kier alpha value is -1.43. The highest BCUT2D eigenvalue weighted by atomic mass is 32.2. The minimum absolute atomic E-state index is 0.0168. The van der Waals surface area contributed by atoms with Crippen LogP contribution in [0.3, 0.4) is 0 Å². The summed E-state index contributed by atoms with van der Waals surface area (Å²) in [5, 5.41) is 3.02. The zero-order valence-electron chi connectivity index (χ0n) is 13.5. The number of carbonyl (C=O) groups excluding carboxylic acids is 1. The van der Waals surface area contributed by atoms with E-state index < -0.39 is 0 Å². The van der Waals surface area contributed by atoms with Gasteiger partial charge >= 0.3 is 6.03 Å². The topological polar surface area (TPSA) is 54.5 Å². The van der Waals surface area contributed by atoms with Crippen LogP contribution in [0.1, 0.15) is 37.7 Å². The number of pyridine rings is 1. The molecule has 23 heavy (non-hydrogen) atoms. The second-order valence-corrected chi connectivity index (χ2v) is 7.33. The Morgan fingerprint density at radius 3 is 3.04 bits per heavy atom. The van der Waals surface area contributed by atoms with Crippen molar-refractivity contribution in [2.24, 2.45) is 0 Å². The van der Waals surface area contributed by atoms with Crippen molar-refractivity contribution in [1.82, 2.24) is 15.2 Å². The van der Waals surface area contributed by atoms with Crippen LogP contribution in [0, 0.1) is 0 Å². The van der Waals surface area contributed by atoms with Crippen molar-refractivity contribution >= 4 is 17.8 Å². The zero-order chi connectivity index (χ0) is 15.9. The number of ether oxygens (including phenoxy) is 1. The Kier molecular flexibility index (Phi) is 6.02. The Balaban J connectivity index is 1.55. The molecule has 1 N–H and O–H groups in total. The third-order valence-corrected chi connectivity index (χ3v) is 5.42. The van der Waals surface area contributed by atoms with Crippen LogP contribution in [-0.4, -0.2) is 46.6 Å². The van der Waals surface area contributed by atoms with E-state index in [4.69, 9.17) is 4.74 Å². The normalized spacial score (nSPS) is 19.4. The standard InChI is InChI=1S/C17H25N3O2S/c21-17(20-9-4-11-23-12-10-20)19-13-14-5-3-8-18-16(14)22-15-6-1-2-7-15/h3,5,8,15H,1-2,4,6-7,9-13H2,(H,19,21). The van der Waals surface area contributed by atoms with Crippen molar-refractivity contribution in [1.29, 1.82) is 0 Å². The van der Waals surface area contributed by atoms with Crippen LogP contribution in [0.25, 0.3) is 0 Å². The van der Waals surface area contributed by atoms with Gasteiger partial charge in [0.25, 0.3) is 0 Å². The fraction of sp³-hybridized carbons (Fsp3) is 0.647. The molecule has 0 atom stereocenters. The summed E-state index contributed by atoms with van der Waals surface area (Å²) in [7, 11) is 0. The Morgan fingerprint density at radius 1 is 1.30 bits per heavy atom. The molecule has 0 bridgehead atoms. The van der Waals surface area contributed by atoms with E-state index in [0.717, 1.165) is 49.4 Å². The van der Waals surface area contributed by atoms with Crippen LogP contribution in [0.5, 0.6) is 5.88 Å². The van der Waals surface area contributed by atoms with E-state index in [9.17, 15) is 4.79 Å². The predicted octanol–water partition coefficient (Wildman–Crippen LogP) is 3.05. The number of amides is 2. The molecular formula is C17H25N3O2S. The first-order valence-corrected chi connectivity index (χ1v) is 9.69. The van der Waals surface area contributed by atoms with Gasteiger partial charge in [0.05, 0.1) is 0 Å². The Bertz CT molecular complexity index is 512. The summed E-state index contributed by atoms with van der Waals surface area (Å²) < 4.78 is 6.02. The van der Waals surface area contributed by atoms with Gasteiger partial charge in [-0.05, 0) is 43.9 Å². The molecule has 1 saturated carbocycles. The zero-order valence-corrected chi connectivity index (χ0v) is 14.3. The van der Waals surface area contributed by atoms with Gasteiger partial charge in [0.1, 0.15) is 6.10 Å². The first-order valence-electron chi connectivity index (χ1n) is 8.54. The summed E-state index contributed by atoms with van der Waals surface area (Å²) in [6.45, 7) is 2.14. The van der Waals surface area contributed by atoms with Crippen molar-refractivity contribution < 1.29 is 9.53 Å². The molecule has 2 aliphatic rings. The molecule has 2 fully saturated rings. The number of carbonyl (C=O) groups is 1. The number of urea groups is 1. The summed E-state index contributed by atoms with van der Waals surface area (Å²) in [5.41, 5.74) is 0.956. The molecule has 0 spiro atoms. The Morgan fingerprint density at radius 2 is 2.17 bits per heavy atom. The molecule has 1 aromatic heterocycles. The number of hydrogen-bond donors (Lipinski definition) is 1. The van der Waals surface area contributed by atoms with E-state index in [0.29, 0.717) is 12.4 Å². The van der Waals surface area contributed by atoms with Crippen LogP contribution in [-0.2, 0) is 6.54 Å². The van der Waals surface area contributed by atoms with Gasteiger partial charge in [-0.2, -0.15) is 11.8 Å². The molecule has 1 saturated heterocycles. The third-order valence-electron chi connectivity index (χ3n) is 4.37. The molecule has 0 unspecified atom stereocenters. The lowest BCUT2D eigenvalue weighted by Crippen LogP contribution is -2.40. The number of rotatable bonds is 4. The second kappa shape index (κ2) is 8.43. The maximum Gasteiger partial charge on any atom is 0.317 e. The SMILES string of the molecule is O=C(NCc1cccnc1OC1CCCC1)N1CCCSCC1. The Labute approximate surface area is 142 Å². The smallest absolute Gasteiger partial charge is 0.317 e. The van der Waals surface area contributed by atoms with Gasteiger partial charge in [-0.3, -0.25) is 0 Å². The quantitative estimate of drug-likeness (QED) is 0.919. The van der Waals surface area contributed by atoms with E-state index in [1.54, 1.807) is 6.20 Å². The van der Waals surface area contributed by atoms with Gasteiger partial charge in [0.2, 0.25) is 5.88 Å². The van der Waals surface area contributed by atoms with Gasteiger partial charge in [-0.25, -0.2) is 9.78 Å².